The van der Waals surface area contributed by atoms with E-state index in [1.807, 2.05) is 25.1 Å². The van der Waals surface area contributed by atoms with Crippen molar-refractivity contribution in [3.8, 4) is 0 Å². The van der Waals surface area contributed by atoms with Crippen molar-refractivity contribution in [3.63, 3.8) is 0 Å². The fraction of sp³-hybridized carbons (Fsp3) is 0.176. The number of aryl methyl sites for hydroxylation is 1. The molecule has 0 aliphatic rings. The van der Waals surface area contributed by atoms with Crippen molar-refractivity contribution in [3.05, 3.63) is 41.4 Å². The van der Waals surface area contributed by atoms with Crippen LogP contribution in [-0.2, 0) is 0 Å². The quantitative estimate of drug-likeness (QED) is 0.496. The van der Waals surface area contributed by atoms with Crippen molar-refractivity contribution in [2.75, 3.05) is 18.6 Å². The number of aromatic nitrogens is 3. The van der Waals surface area contributed by atoms with Crippen LogP contribution >= 0.6 is 30.6 Å². The van der Waals surface area contributed by atoms with Gasteiger partial charge in [-0.25, -0.2) is 4.98 Å². The number of hydrogen-bond acceptors (Lipinski definition) is 5. The number of halogens is 2. The lowest BCUT2D eigenvalue weighted by Gasteiger charge is -2.22. The average molecular weight is 395 g/mol. The Balaban J connectivity index is 2.22. The maximum Gasteiger partial charge on any atom is 0.224 e. The predicted octanol–water partition coefficient (Wildman–Crippen LogP) is 5.04. The first kappa shape index (κ1) is 18.2. The van der Waals surface area contributed by atoms with E-state index in [0.29, 0.717) is 5.82 Å². The molecule has 0 aliphatic carbocycles. The number of nitrogens with one attached hydrogen (secondary N) is 1. The molecule has 0 atom stereocenters. The topological polar surface area (TPSA) is 50.7 Å². The zero-order valence-corrected chi connectivity index (χ0v) is 16.5. The Bertz CT molecular complexity index is 1010. The molecule has 25 heavy (non-hydrogen) atoms. The highest BCUT2D eigenvalue weighted by molar-refractivity contribution is 7.94. The minimum atomic E-state index is -1.67. The number of benzene rings is 1. The standard InChI is InChI=1S/C17H17ClFN4PS/c1-10-5-6-11-12(21-10)7-8-13(15(11)24(2,3)4)22-16-14(25-19)9-20-17(18)23-16/h5-9H,2H2,1,3-4H3,(H,20,22,23). The molecule has 0 amide bonds. The van der Waals surface area contributed by atoms with Gasteiger partial charge in [-0.1, -0.05) is 19.3 Å². The van der Waals surface area contributed by atoms with Crippen LogP contribution in [0.25, 0.3) is 10.9 Å². The first-order chi connectivity index (χ1) is 11.8. The van der Waals surface area contributed by atoms with Crippen LogP contribution in [0.2, 0.25) is 5.28 Å². The van der Waals surface area contributed by atoms with E-state index in [1.165, 1.54) is 6.20 Å². The van der Waals surface area contributed by atoms with Gasteiger partial charge in [0.15, 0.2) is 5.82 Å². The third-order valence-corrected chi connectivity index (χ3v) is 5.99. The Kier molecular flexibility index (Phi) is 5.05. The van der Waals surface area contributed by atoms with Gasteiger partial charge in [0.2, 0.25) is 5.28 Å². The Morgan fingerprint density at radius 2 is 1.96 bits per heavy atom. The van der Waals surface area contributed by atoms with Crippen molar-refractivity contribution in [1.82, 2.24) is 15.0 Å². The summed E-state index contributed by atoms with van der Waals surface area (Å²) in [6.45, 7) is 4.55. The number of fused-ring (bicyclic) bond motifs is 1. The van der Waals surface area contributed by atoms with Crippen molar-refractivity contribution < 1.29 is 3.89 Å². The molecule has 8 heteroatoms. The van der Waals surface area contributed by atoms with Crippen LogP contribution in [0.4, 0.5) is 15.4 Å². The average Bonchev–Trinajstić information content (AvgIpc) is 2.54. The minimum Gasteiger partial charge on any atom is -0.339 e. The van der Waals surface area contributed by atoms with Crippen LogP contribution in [0.3, 0.4) is 0 Å². The van der Waals surface area contributed by atoms with Crippen molar-refractivity contribution in [2.24, 2.45) is 0 Å². The zero-order chi connectivity index (χ0) is 18.2. The second-order valence-electron chi connectivity index (χ2n) is 6.22. The fourth-order valence-corrected chi connectivity index (χ4v) is 4.69. The Morgan fingerprint density at radius 3 is 2.64 bits per heavy atom. The molecule has 0 aliphatic heterocycles. The second kappa shape index (κ2) is 6.94. The Labute approximate surface area is 155 Å². The number of pyridine rings is 1. The molecule has 3 rings (SSSR count). The second-order valence-corrected chi connectivity index (χ2v) is 11.0. The third-order valence-electron chi connectivity index (χ3n) is 3.65. The smallest absolute Gasteiger partial charge is 0.224 e. The molecule has 2 heterocycles. The van der Waals surface area contributed by atoms with Gasteiger partial charge in [0.25, 0.3) is 0 Å². The lowest BCUT2D eigenvalue weighted by Crippen LogP contribution is -2.13. The Morgan fingerprint density at radius 1 is 1.20 bits per heavy atom. The van der Waals surface area contributed by atoms with Crippen LogP contribution in [0.15, 0.2) is 35.4 Å². The van der Waals surface area contributed by atoms with Crippen LogP contribution in [0, 0.1) is 6.92 Å². The maximum absolute atomic E-state index is 13.2. The SMILES string of the molecule is C=P(C)(C)c1c(Nc2nc(Cl)ncc2SF)ccc2nc(C)ccc12. The number of nitrogens with zero attached hydrogens (tertiary/aromatic N) is 3. The van der Waals surface area contributed by atoms with E-state index in [0.717, 1.165) is 27.6 Å². The summed E-state index contributed by atoms with van der Waals surface area (Å²) in [5.41, 5.74) is 2.70. The summed E-state index contributed by atoms with van der Waals surface area (Å²) in [7, 11) is 0. The fourth-order valence-electron chi connectivity index (χ4n) is 2.67. The van der Waals surface area contributed by atoms with Gasteiger partial charge in [-0.3, -0.25) is 4.98 Å². The van der Waals surface area contributed by atoms with Gasteiger partial charge in [0.05, 0.1) is 23.9 Å². The third kappa shape index (κ3) is 3.81. The molecular weight excluding hydrogens is 378 g/mol. The van der Waals surface area contributed by atoms with E-state index in [-0.39, 0.29) is 22.3 Å². The van der Waals surface area contributed by atoms with Gasteiger partial charge >= 0.3 is 0 Å². The van der Waals surface area contributed by atoms with E-state index in [2.05, 4.69) is 46.0 Å². The molecule has 130 valence electrons. The van der Waals surface area contributed by atoms with Gasteiger partial charge in [-0.2, -0.15) is 8.87 Å². The van der Waals surface area contributed by atoms with Gasteiger partial charge in [-0.05, 0) is 50.1 Å². The lowest BCUT2D eigenvalue weighted by molar-refractivity contribution is 0.928. The largest absolute Gasteiger partial charge is 0.339 e. The van der Waals surface area contributed by atoms with Crippen LogP contribution in [0.1, 0.15) is 5.69 Å². The molecule has 0 saturated carbocycles. The molecule has 1 N–H and O–H groups in total. The predicted molar refractivity (Wildman–Crippen MR) is 109 cm³/mol. The van der Waals surface area contributed by atoms with E-state index < -0.39 is 6.89 Å². The molecule has 0 radical (unpaired) electrons. The first-order valence-electron chi connectivity index (χ1n) is 7.47. The number of hydrogen-bond donors (Lipinski definition) is 1. The summed E-state index contributed by atoms with van der Waals surface area (Å²) in [5, 5.41) is 5.39. The van der Waals surface area contributed by atoms with Crippen molar-refractivity contribution in [2.45, 2.75) is 11.8 Å². The highest BCUT2D eigenvalue weighted by atomic mass is 35.5. The molecule has 0 spiro atoms. The molecule has 2 aromatic heterocycles. The van der Waals surface area contributed by atoms with Gasteiger partial charge < -0.3 is 5.32 Å². The van der Waals surface area contributed by atoms with E-state index in [9.17, 15) is 3.89 Å². The molecule has 0 saturated heterocycles. The molecule has 4 nitrogen and oxygen atoms in total. The summed E-state index contributed by atoms with van der Waals surface area (Å²) in [5.74, 6) is 0.335. The minimum absolute atomic E-state index is 0.0589. The van der Waals surface area contributed by atoms with Crippen molar-refractivity contribution >= 4 is 64.6 Å². The van der Waals surface area contributed by atoms with E-state index in [1.54, 1.807) is 0 Å². The monoisotopic (exact) mass is 394 g/mol. The molecular formula is C17H17ClFN4PS. The van der Waals surface area contributed by atoms with Gasteiger partial charge in [-0.15, -0.1) is 0 Å². The van der Waals surface area contributed by atoms with E-state index >= 15 is 0 Å². The maximum atomic E-state index is 13.2. The summed E-state index contributed by atoms with van der Waals surface area (Å²) >= 11 is 5.95. The zero-order valence-electron chi connectivity index (χ0n) is 14.0. The van der Waals surface area contributed by atoms with Gasteiger partial charge in [0.1, 0.15) is 4.90 Å². The molecule has 1 aromatic carbocycles. The number of rotatable bonds is 4. The van der Waals surface area contributed by atoms with Crippen LogP contribution in [-0.4, -0.2) is 34.6 Å². The van der Waals surface area contributed by atoms with E-state index in [4.69, 9.17) is 11.6 Å². The molecule has 0 unspecified atom stereocenters. The summed E-state index contributed by atoms with van der Waals surface area (Å²) in [4.78, 5) is 12.8. The molecule has 0 bridgehead atoms. The highest BCUT2D eigenvalue weighted by Crippen LogP contribution is 2.41. The summed E-state index contributed by atoms with van der Waals surface area (Å²) in [6, 6.07) is 7.91. The lowest BCUT2D eigenvalue weighted by atomic mass is 10.2. The van der Waals surface area contributed by atoms with Crippen LogP contribution in [0.5, 0.6) is 0 Å². The summed E-state index contributed by atoms with van der Waals surface area (Å²) in [6.07, 6.45) is 5.74. The normalized spacial score (nSPS) is 11.7. The number of anilines is 2. The van der Waals surface area contributed by atoms with Crippen LogP contribution < -0.4 is 10.6 Å². The highest BCUT2D eigenvalue weighted by Gasteiger charge is 2.17. The first-order valence-corrected chi connectivity index (χ1v) is 11.4. The van der Waals surface area contributed by atoms with Gasteiger partial charge in [0, 0.05) is 22.1 Å². The Hall–Kier alpha value is -1.62. The van der Waals surface area contributed by atoms with Crippen molar-refractivity contribution in [1.29, 1.82) is 0 Å². The summed E-state index contributed by atoms with van der Waals surface area (Å²) < 4.78 is 13.2. The molecule has 3 aromatic rings. The molecule has 0 fully saturated rings.